The number of hydrogen-bond donors (Lipinski definition) is 1. The first kappa shape index (κ1) is 17.8. The van der Waals surface area contributed by atoms with Crippen molar-refractivity contribution in [3.05, 3.63) is 67.5 Å². The van der Waals surface area contributed by atoms with Gasteiger partial charge in [-0.15, -0.1) is 11.3 Å². The Morgan fingerprint density at radius 2 is 2.19 bits per heavy atom. The molecule has 0 aliphatic heterocycles. The van der Waals surface area contributed by atoms with Crippen LogP contribution in [-0.2, 0) is 7.05 Å². The molecule has 2 heterocycles. The van der Waals surface area contributed by atoms with Crippen LogP contribution in [0.1, 0.15) is 23.0 Å². The fourth-order valence-corrected chi connectivity index (χ4v) is 3.38. The number of phenols is 1. The van der Waals surface area contributed by atoms with Crippen LogP contribution in [0.5, 0.6) is 11.5 Å². The summed E-state index contributed by atoms with van der Waals surface area (Å²) in [5.41, 5.74) is 0.508. The maximum Gasteiger partial charge on any atom is 0.268 e. The molecule has 1 N–H and O–H groups in total. The van der Waals surface area contributed by atoms with Gasteiger partial charge in [0.15, 0.2) is 17.3 Å². The molecule has 0 saturated carbocycles. The average Bonchev–Trinajstić information content (AvgIpc) is 3.24. The first-order chi connectivity index (χ1) is 12.5. The van der Waals surface area contributed by atoms with E-state index >= 15 is 0 Å². The standard InChI is InChI=1S/C19H17NO5S/c1-3-24-16-9-12(6-7-13(16)21)10-17-19(23)20(2)18(26-17)11-14(22)15-5-4-8-25-15/h4-11,21H,3H2,1-2H3. The van der Waals surface area contributed by atoms with Gasteiger partial charge >= 0.3 is 0 Å². The number of phenolic OH excluding ortho intramolecular Hbond substituents is 1. The molecule has 134 valence electrons. The van der Waals surface area contributed by atoms with Crippen LogP contribution in [0.2, 0.25) is 0 Å². The number of aromatic nitrogens is 1. The summed E-state index contributed by atoms with van der Waals surface area (Å²) in [6.45, 7) is 2.24. The van der Waals surface area contributed by atoms with E-state index in [0.717, 1.165) is 0 Å². The summed E-state index contributed by atoms with van der Waals surface area (Å²) < 4.78 is 12.8. The second-order valence-corrected chi connectivity index (χ2v) is 6.52. The number of ketones is 1. The van der Waals surface area contributed by atoms with Crippen molar-refractivity contribution in [1.82, 2.24) is 4.57 Å². The highest BCUT2D eigenvalue weighted by atomic mass is 32.1. The van der Waals surface area contributed by atoms with Gasteiger partial charge in [-0.3, -0.25) is 9.59 Å². The van der Waals surface area contributed by atoms with Crippen LogP contribution in [0.3, 0.4) is 0 Å². The summed E-state index contributed by atoms with van der Waals surface area (Å²) in [6, 6.07) is 8.07. The lowest BCUT2D eigenvalue weighted by molar-refractivity contribution is 0.103. The van der Waals surface area contributed by atoms with Crippen LogP contribution in [0.4, 0.5) is 0 Å². The SMILES string of the molecule is CCOc1cc(C=c2sc(=CC(=O)c3ccco3)n(C)c2=O)ccc1O. The number of Topliss-reactive ketones (excluding diaryl/α,β-unsaturated/α-hetero) is 1. The summed E-state index contributed by atoms with van der Waals surface area (Å²) in [7, 11) is 1.61. The number of furan rings is 1. The van der Waals surface area contributed by atoms with Crippen LogP contribution in [0.15, 0.2) is 45.8 Å². The number of ether oxygens (including phenoxy) is 1. The minimum atomic E-state index is -0.304. The Morgan fingerprint density at radius 3 is 2.88 bits per heavy atom. The van der Waals surface area contributed by atoms with Crippen molar-refractivity contribution in [2.45, 2.75) is 6.92 Å². The van der Waals surface area contributed by atoms with E-state index in [2.05, 4.69) is 0 Å². The quantitative estimate of drug-likeness (QED) is 0.690. The van der Waals surface area contributed by atoms with E-state index in [1.807, 2.05) is 6.92 Å². The molecular formula is C19H17NO5S. The highest BCUT2D eigenvalue weighted by molar-refractivity contribution is 7.07. The summed E-state index contributed by atoms with van der Waals surface area (Å²) in [6.07, 6.45) is 4.50. The molecule has 0 bridgehead atoms. The highest BCUT2D eigenvalue weighted by Crippen LogP contribution is 2.26. The van der Waals surface area contributed by atoms with Crippen LogP contribution in [0, 0.1) is 0 Å². The Morgan fingerprint density at radius 1 is 1.38 bits per heavy atom. The van der Waals surface area contributed by atoms with Crippen molar-refractivity contribution in [3.8, 4) is 11.5 Å². The highest BCUT2D eigenvalue weighted by Gasteiger charge is 2.08. The second-order valence-electron chi connectivity index (χ2n) is 5.46. The van der Waals surface area contributed by atoms with E-state index in [1.54, 1.807) is 37.4 Å². The number of aromatic hydroxyl groups is 1. The lowest BCUT2D eigenvalue weighted by Gasteiger charge is -2.05. The van der Waals surface area contributed by atoms with Crippen LogP contribution in [0.25, 0.3) is 12.2 Å². The Hall–Kier alpha value is -3.06. The number of carbonyl (C=O) groups excluding carboxylic acids is 1. The van der Waals surface area contributed by atoms with Crippen molar-refractivity contribution < 1.29 is 19.1 Å². The number of carbonyl (C=O) groups is 1. The van der Waals surface area contributed by atoms with E-state index < -0.39 is 0 Å². The minimum absolute atomic E-state index is 0.0427. The largest absolute Gasteiger partial charge is 0.504 e. The van der Waals surface area contributed by atoms with Crippen molar-refractivity contribution in [2.75, 3.05) is 6.61 Å². The Bertz CT molecular complexity index is 1110. The molecule has 7 heteroatoms. The van der Waals surface area contributed by atoms with Crippen LogP contribution < -0.4 is 19.5 Å². The van der Waals surface area contributed by atoms with Crippen LogP contribution >= 0.6 is 11.3 Å². The summed E-state index contributed by atoms with van der Waals surface area (Å²) in [5, 5.41) is 9.77. The van der Waals surface area contributed by atoms with Crippen molar-refractivity contribution in [2.24, 2.45) is 7.05 Å². The number of nitrogens with zero attached hydrogens (tertiary/aromatic N) is 1. The third-order valence-corrected chi connectivity index (χ3v) is 4.77. The lowest BCUT2D eigenvalue weighted by Crippen LogP contribution is -2.29. The molecule has 3 rings (SSSR count). The Kier molecular flexibility index (Phi) is 5.09. The maximum atomic E-state index is 12.4. The third kappa shape index (κ3) is 3.62. The number of benzene rings is 1. The normalized spacial score (nSPS) is 12.5. The molecule has 26 heavy (non-hydrogen) atoms. The van der Waals surface area contributed by atoms with Gasteiger partial charge in [-0.25, -0.2) is 0 Å². The van der Waals surface area contributed by atoms with Gasteiger partial charge in [-0.1, -0.05) is 6.07 Å². The summed E-state index contributed by atoms with van der Waals surface area (Å²) in [5.74, 6) is 0.313. The van der Waals surface area contributed by atoms with Gasteiger partial charge in [0.25, 0.3) is 5.56 Å². The van der Waals surface area contributed by atoms with E-state index in [0.29, 0.717) is 27.1 Å². The van der Waals surface area contributed by atoms with E-state index in [1.165, 1.54) is 34.3 Å². The molecule has 0 unspecified atom stereocenters. The van der Waals surface area contributed by atoms with Crippen LogP contribution in [-0.4, -0.2) is 22.1 Å². The Labute approximate surface area is 152 Å². The van der Waals surface area contributed by atoms with Crippen molar-refractivity contribution in [1.29, 1.82) is 0 Å². The zero-order valence-corrected chi connectivity index (χ0v) is 15.1. The molecule has 6 nitrogen and oxygen atoms in total. The van der Waals surface area contributed by atoms with E-state index in [4.69, 9.17) is 9.15 Å². The van der Waals surface area contributed by atoms with Gasteiger partial charge in [0, 0.05) is 13.1 Å². The van der Waals surface area contributed by atoms with Gasteiger partial charge in [-0.05, 0) is 42.8 Å². The minimum Gasteiger partial charge on any atom is -0.504 e. The molecule has 3 aromatic rings. The van der Waals surface area contributed by atoms with Gasteiger partial charge in [0.2, 0.25) is 5.78 Å². The molecule has 1 aromatic carbocycles. The molecule has 0 aliphatic carbocycles. The third-order valence-electron chi connectivity index (χ3n) is 3.66. The first-order valence-electron chi connectivity index (χ1n) is 7.92. The van der Waals surface area contributed by atoms with Gasteiger partial charge < -0.3 is 18.8 Å². The molecular weight excluding hydrogens is 354 g/mol. The number of rotatable bonds is 5. The molecule has 2 aromatic heterocycles. The molecule has 0 fully saturated rings. The molecule has 0 atom stereocenters. The molecule has 0 spiro atoms. The van der Waals surface area contributed by atoms with Crippen molar-refractivity contribution >= 4 is 29.3 Å². The smallest absolute Gasteiger partial charge is 0.268 e. The molecule has 0 saturated heterocycles. The first-order valence-corrected chi connectivity index (χ1v) is 8.74. The summed E-state index contributed by atoms with van der Waals surface area (Å²) >= 11 is 1.20. The average molecular weight is 371 g/mol. The van der Waals surface area contributed by atoms with Gasteiger partial charge in [0.1, 0.15) is 4.66 Å². The molecule has 0 aliphatic rings. The maximum absolute atomic E-state index is 12.4. The Balaban J connectivity index is 2.05. The topological polar surface area (TPSA) is 81.7 Å². The second kappa shape index (κ2) is 7.45. The van der Waals surface area contributed by atoms with E-state index in [9.17, 15) is 14.7 Å². The van der Waals surface area contributed by atoms with E-state index in [-0.39, 0.29) is 22.9 Å². The number of thiazole rings is 1. The monoisotopic (exact) mass is 371 g/mol. The summed E-state index contributed by atoms with van der Waals surface area (Å²) in [4.78, 5) is 24.6. The fraction of sp³-hybridized carbons (Fsp3) is 0.158. The number of hydrogen-bond acceptors (Lipinski definition) is 6. The van der Waals surface area contributed by atoms with Gasteiger partial charge in [0.05, 0.1) is 17.4 Å². The zero-order valence-electron chi connectivity index (χ0n) is 14.3. The lowest BCUT2D eigenvalue weighted by atomic mass is 10.2. The predicted molar refractivity (Wildman–Crippen MR) is 99.2 cm³/mol. The molecule has 0 radical (unpaired) electrons. The fourth-order valence-electron chi connectivity index (χ4n) is 2.35. The van der Waals surface area contributed by atoms with Crippen molar-refractivity contribution in [3.63, 3.8) is 0 Å². The zero-order chi connectivity index (χ0) is 18.7. The predicted octanol–water partition coefficient (Wildman–Crippen LogP) is 1.64. The van der Waals surface area contributed by atoms with Gasteiger partial charge in [-0.2, -0.15) is 0 Å². The molecule has 0 amide bonds.